The van der Waals surface area contributed by atoms with Crippen molar-refractivity contribution in [1.82, 2.24) is 9.88 Å². The number of rotatable bonds is 13. The van der Waals surface area contributed by atoms with E-state index in [1.54, 1.807) is 35.6 Å². The summed E-state index contributed by atoms with van der Waals surface area (Å²) in [6.45, 7) is 5.56. The molecule has 0 bridgehead atoms. The van der Waals surface area contributed by atoms with Gasteiger partial charge >= 0.3 is 0 Å². The van der Waals surface area contributed by atoms with E-state index in [1.807, 2.05) is 38.0 Å². The lowest BCUT2D eigenvalue weighted by Crippen LogP contribution is -2.34. The Balaban J connectivity index is 1.45. The highest BCUT2D eigenvalue weighted by Gasteiger charge is 2.18. The van der Waals surface area contributed by atoms with E-state index in [9.17, 15) is 0 Å². The molecule has 0 spiro atoms. The summed E-state index contributed by atoms with van der Waals surface area (Å²) in [7, 11) is 4.09. The van der Waals surface area contributed by atoms with E-state index >= 15 is 0 Å². The van der Waals surface area contributed by atoms with Gasteiger partial charge in [-0.05, 0) is 61.4 Å². The van der Waals surface area contributed by atoms with Crippen LogP contribution in [0.25, 0.3) is 11.3 Å². The molecule has 2 aromatic carbocycles. The van der Waals surface area contributed by atoms with E-state index in [0.717, 1.165) is 54.4 Å². The third-order valence-electron chi connectivity index (χ3n) is 6.54. The SMILES string of the molecule is CCCCC(Oc1ccc(C(N)=NO)cc1)Oc1ccc(-c2nc(N(C)C)sc2CCN2CCSCC2)cc1. The number of ether oxygens (including phenoxy) is 2. The molecule has 1 atom stereocenters. The second-order valence-electron chi connectivity index (χ2n) is 9.71. The number of aromatic nitrogens is 1. The van der Waals surface area contributed by atoms with Gasteiger partial charge in [-0.15, -0.1) is 11.3 Å². The van der Waals surface area contributed by atoms with Crippen LogP contribution < -0.4 is 20.1 Å². The number of nitrogens with zero attached hydrogens (tertiary/aromatic N) is 4. The highest BCUT2D eigenvalue weighted by Crippen LogP contribution is 2.34. The molecule has 39 heavy (non-hydrogen) atoms. The lowest BCUT2D eigenvalue weighted by Gasteiger charge is -2.25. The van der Waals surface area contributed by atoms with Crippen molar-refractivity contribution in [2.75, 3.05) is 50.1 Å². The highest BCUT2D eigenvalue weighted by atomic mass is 32.2. The number of unbranched alkanes of at least 4 members (excludes halogenated alkanes) is 1. The number of thiazole rings is 1. The number of benzene rings is 2. The molecular weight excluding hydrogens is 530 g/mol. The number of thioether (sulfide) groups is 1. The van der Waals surface area contributed by atoms with Crippen molar-refractivity contribution in [3.05, 3.63) is 59.0 Å². The molecule has 2 heterocycles. The van der Waals surface area contributed by atoms with Gasteiger partial charge in [0.2, 0.25) is 6.29 Å². The number of amidine groups is 1. The first-order valence-electron chi connectivity index (χ1n) is 13.5. The fourth-order valence-corrected chi connectivity index (χ4v) is 6.25. The van der Waals surface area contributed by atoms with Gasteiger partial charge in [0.25, 0.3) is 0 Å². The molecule has 1 unspecified atom stereocenters. The molecule has 10 heteroatoms. The second kappa shape index (κ2) is 14.4. The minimum absolute atomic E-state index is 0.0620. The van der Waals surface area contributed by atoms with Crippen LogP contribution in [0.3, 0.4) is 0 Å². The first kappa shape index (κ1) is 29.0. The van der Waals surface area contributed by atoms with Gasteiger partial charge in [-0.1, -0.05) is 18.5 Å². The molecule has 4 rings (SSSR count). The first-order valence-corrected chi connectivity index (χ1v) is 15.4. The number of hydrogen-bond donors (Lipinski definition) is 2. The van der Waals surface area contributed by atoms with Crippen molar-refractivity contribution < 1.29 is 14.7 Å². The Morgan fingerprint density at radius 2 is 1.72 bits per heavy atom. The van der Waals surface area contributed by atoms with Gasteiger partial charge < -0.3 is 30.2 Å². The van der Waals surface area contributed by atoms with Crippen molar-refractivity contribution in [2.45, 2.75) is 38.9 Å². The number of nitrogens with two attached hydrogens (primary N) is 1. The fourth-order valence-electron chi connectivity index (χ4n) is 4.28. The molecule has 210 valence electrons. The van der Waals surface area contributed by atoms with Crippen molar-refractivity contribution in [3.8, 4) is 22.8 Å². The Morgan fingerprint density at radius 1 is 1.08 bits per heavy atom. The van der Waals surface area contributed by atoms with Gasteiger partial charge in [-0.3, -0.25) is 0 Å². The van der Waals surface area contributed by atoms with E-state index in [4.69, 9.17) is 25.4 Å². The molecule has 1 aliphatic heterocycles. The van der Waals surface area contributed by atoms with E-state index in [2.05, 4.69) is 34.0 Å². The standard InChI is InChI=1S/C29H39N5O3S2/c1-4-5-6-26(37-24-13-9-22(10-14-24)28(30)32-35)36-23-11-7-21(8-12-23)27-25(39-29(31-27)33(2)3)15-16-34-17-19-38-20-18-34/h7-14,26,35H,4-6,15-20H2,1-3H3,(H2,30,32). The van der Waals surface area contributed by atoms with E-state index in [1.165, 1.54) is 29.5 Å². The third kappa shape index (κ3) is 8.27. The summed E-state index contributed by atoms with van der Waals surface area (Å²) >= 11 is 3.83. The third-order valence-corrected chi connectivity index (χ3v) is 8.77. The molecule has 1 aromatic heterocycles. The van der Waals surface area contributed by atoms with Crippen LogP contribution in [-0.2, 0) is 6.42 Å². The maximum atomic E-state index is 8.88. The maximum absolute atomic E-state index is 8.88. The summed E-state index contributed by atoms with van der Waals surface area (Å²) in [4.78, 5) is 10.9. The highest BCUT2D eigenvalue weighted by molar-refractivity contribution is 7.99. The zero-order valence-electron chi connectivity index (χ0n) is 23.0. The summed E-state index contributed by atoms with van der Waals surface area (Å²) in [5.74, 6) is 3.93. The number of hydrogen-bond acceptors (Lipinski definition) is 9. The van der Waals surface area contributed by atoms with Gasteiger partial charge in [0, 0.05) is 67.7 Å². The average Bonchev–Trinajstić information content (AvgIpc) is 3.40. The predicted molar refractivity (Wildman–Crippen MR) is 163 cm³/mol. The van der Waals surface area contributed by atoms with E-state index in [-0.39, 0.29) is 5.84 Å². The van der Waals surface area contributed by atoms with E-state index < -0.39 is 6.29 Å². The Morgan fingerprint density at radius 3 is 2.31 bits per heavy atom. The summed E-state index contributed by atoms with van der Waals surface area (Å²) in [5, 5.41) is 13.0. The Hall–Kier alpha value is -2.95. The molecule has 0 amide bonds. The Kier molecular flexibility index (Phi) is 10.8. The van der Waals surface area contributed by atoms with Crippen molar-refractivity contribution in [3.63, 3.8) is 0 Å². The fraction of sp³-hybridized carbons (Fsp3) is 0.448. The lowest BCUT2D eigenvalue weighted by molar-refractivity contribution is -0.00211. The zero-order valence-corrected chi connectivity index (χ0v) is 24.6. The van der Waals surface area contributed by atoms with Gasteiger partial charge in [0.15, 0.2) is 11.0 Å². The van der Waals surface area contributed by atoms with Crippen LogP contribution in [0.15, 0.2) is 53.7 Å². The Labute approximate surface area is 239 Å². The van der Waals surface area contributed by atoms with Gasteiger partial charge in [-0.25, -0.2) is 4.98 Å². The van der Waals surface area contributed by atoms with Crippen molar-refractivity contribution in [2.24, 2.45) is 10.9 Å². The molecule has 1 aliphatic rings. The summed E-state index contributed by atoms with van der Waals surface area (Å²) in [5.41, 5.74) is 8.45. The quantitative estimate of drug-likeness (QED) is 0.0911. The van der Waals surface area contributed by atoms with E-state index in [0.29, 0.717) is 11.3 Å². The minimum atomic E-state index is -0.427. The molecule has 0 aliphatic carbocycles. The molecule has 3 N–H and O–H groups in total. The van der Waals surface area contributed by atoms with Crippen molar-refractivity contribution >= 4 is 34.1 Å². The topological polar surface area (TPSA) is 96.4 Å². The van der Waals surface area contributed by atoms with Crippen LogP contribution in [0.1, 0.15) is 36.6 Å². The lowest BCUT2D eigenvalue weighted by atomic mass is 10.1. The van der Waals surface area contributed by atoms with Crippen LogP contribution in [0.5, 0.6) is 11.5 Å². The summed E-state index contributed by atoms with van der Waals surface area (Å²) in [6.07, 6.45) is 3.37. The van der Waals surface area contributed by atoms with Crippen molar-refractivity contribution in [1.29, 1.82) is 0 Å². The molecule has 0 radical (unpaired) electrons. The monoisotopic (exact) mass is 569 g/mol. The molecule has 1 fully saturated rings. The number of anilines is 1. The molecule has 8 nitrogen and oxygen atoms in total. The summed E-state index contributed by atoms with van der Waals surface area (Å²) < 4.78 is 12.4. The molecular formula is C29H39N5O3S2. The van der Waals surface area contributed by atoms with Crippen LogP contribution in [-0.4, -0.2) is 72.5 Å². The molecule has 3 aromatic rings. The summed E-state index contributed by atoms with van der Waals surface area (Å²) in [6, 6.07) is 15.3. The smallest absolute Gasteiger partial charge is 0.241 e. The van der Waals surface area contributed by atoms with Gasteiger partial charge in [0.05, 0.1) is 5.69 Å². The van der Waals surface area contributed by atoms with Crippen LogP contribution >= 0.6 is 23.1 Å². The number of oxime groups is 1. The van der Waals surface area contributed by atoms with Gasteiger partial charge in [-0.2, -0.15) is 11.8 Å². The second-order valence-corrected chi connectivity index (χ2v) is 12.0. The van der Waals surface area contributed by atoms with Crippen LogP contribution in [0.4, 0.5) is 5.13 Å². The Bertz CT molecular complexity index is 1190. The molecule has 1 saturated heterocycles. The predicted octanol–water partition coefficient (Wildman–Crippen LogP) is 5.54. The van der Waals surface area contributed by atoms with Crippen LogP contribution in [0, 0.1) is 0 Å². The molecule has 0 saturated carbocycles. The zero-order chi connectivity index (χ0) is 27.6. The minimum Gasteiger partial charge on any atom is -0.455 e. The van der Waals surface area contributed by atoms with Crippen LogP contribution in [0.2, 0.25) is 0 Å². The normalized spacial score (nSPS) is 15.2. The maximum Gasteiger partial charge on any atom is 0.241 e. The average molecular weight is 570 g/mol. The van der Waals surface area contributed by atoms with Gasteiger partial charge in [0.1, 0.15) is 11.5 Å². The first-order chi connectivity index (χ1) is 19.0. The largest absolute Gasteiger partial charge is 0.455 e.